The first-order chi connectivity index (χ1) is 14.5. The molecule has 4 aromatic rings. The molecule has 7 nitrogen and oxygen atoms in total. The number of aromatic amines is 2. The smallest absolute Gasteiger partial charge is 0.335 e. The van der Waals surface area contributed by atoms with Crippen molar-refractivity contribution in [1.82, 2.24) is 19.9 Å². The number of aromatic nitrogens is 3. The van der Waals surface area contributed by atoms with Crippen LogP contribution in [0.4, 0.5) is 0 Å². The van der Waals surface area contributed by atoms with Crippen molar-refractivity contribution in [3.8, 4) is 11.6 Å². The molecule has 5 rings (SSSR count). The van der Waals surface area contributed by atoms with E-state index in [4.69, 9.17) is 0 Å². The molecule has 8 heteroatoms. The van der Waals surface area contributed by atoms with Gasteiger partial charge >= 0.3 is 5.69 Å². The maximum absolute atomic E-state index is 12.8. The van der Waals surface area contributed by atoms with Gasteiger partial charge in [0.1, 0.15) is 5.56 Å². The van der Waals surface area contributed by atoms with Crippen LogP contribution in [0.2, 0.25) is 0 Å². The number of aryl methyl sites for hydroxylation is 1. The highest BCUT2D eigenvalue weighted by Crippen LogP contribution is 2.36. The van der Waals surface area contributed by atoms with E-state index in [2.05, 4.69) is 37.3 Å². The van der Waals surface area contributed by atoms with Crippen LogP contribution < -0.4 is 16.6 Å². The second kappa shape index (κ2) is 7.00. The van der Waals surface area contributed by atoms with Crippen LogP contribution >= 0.6 is 15.9 Å². The van der Waals surface area contributed by atoms with Crippen LogP contribution in [0.25, 0.3) is 16.6 Å². The van der Waals surface area contributed by atoms with Crippen molar-refractivity contribution in [2.24, 2.45) is 0 Å². The van der Waals surface area contributed by atoms with Gasteiger partial charge in [-0.05, 0) is 48.7 Å². The predicted molar refractivity (Wildman–Crippen MR) is 119 cm³/mol. The lowest BCUT2D eigenvalue weighted by molar-refractivity contribution is 0.410. The van der Waals surface area contributed by atoms with E-state index in [9.17, 15) is 14.7 Å². The topological polar surface area (TPSA) is 103 Å². The average Bonchev–Trinajstić information content (AvgIpc) is 3.10. The molecule has 0 spiro atoms. The Labute approximate surface area is 179 Å². The monoisotopic (exact) mass is 466 g/mol. The molecule has 0 radical (unpaired) electrons. The third-order valence-corrected chi connectivity index (χ3v) is 6.22. The van der Waals surface area contributed by atoms with Gasteiger partial charge in [-0.2, -0.15) is 0 Å². The number of hydrogen-bond acceptors (Lipinski definition) is 4. The van der Waals surface area contributed by atoms with Gasteiger partial charge in [-0.15, -0.1) is 0 Å². The largest absolute Gasteiger partial charge is 0.494 e. The number of nitrogens with zero attached hydrogens (tertiary/aromatic N) is 1. The molecule has 0 aliphatic carbocycles. The molecular formula is C22H19BrN4O3. The first kappa shape index (κ1) is 18.9. The van der Waals surface area contributed by atoms with Gasteiger partial charge in [-0.25, -0.2) is 9.36 Å². The van der Waals surface area contributed by atoms with Gasteiger partial charge in [0, 0.05) is 27.6 Å². The van der Waals surface area contributed by atoms with Crippen molar-refractivity contribution >= 4 is 26.8 Å². The lowest BCUT2D eigenvalue weighted by atomic mass is 9.95. The van der Waals surface area contributed by atoms with E-state index in [1.54, 1.807) is 24.3 Å². The molecule has 0 amide bonds. The van der Waals surface area contributed by atoms with E-state index in [1.807, 2.05) is 19.1 Å². The van der Waals surface area contributed by atoms with E-state index >= 15 is 0 Å². The van der Waals surface area contributed by atoms with Crippen molar-refractivity contribution in [3.05, 3.63) is 90.2 Å². The molecule has 3 heterocycles. The number of para-hydroxylation sites is 1. The Morgan fingerprint density at radius 3 is 2.63 bits per heavy atom. The number of aromatic hydroxyl groups is 1. The van der Waals surface area contributed by atoms with Crippen molar-refractivity contribution < 1.29 is 5.11 Å². The first-order valence-electron chi connectivity index (χ1n) is 9.63. The summed E-state index contributed by atoms with van der Waals surface area (Å²) >= 11 is 3.36. The average molecular weight is 467 g/mol. The highest BCUT2D eigenvalue weighted by Gasteiger charge is 2.31. The van der Waals surface area contributed by atoms with Crippen molar-refractivity contribution in [2.45, 2.75) is 19.4 Å². The SMILES string of the molecule is Cc1cccc2c3c([nH]c12)C(c1c(O)n(-c2ccc(Br)cc2)c(=O)[nH]c1=O)NCC3. The lowest BCUT2D eigenvalue weighted by Gasteiger charge is -2.25. The summed E-state index contributed by atoms with van der Waals surface area (Å²) in [7, 11) is 0. The molecule has 0 saturated heterocycles. The second-order valence-electron chi connectivity index (χ2n) is 7.46. The Kier molecular flexibility index (Phi) is 4.41. The second-order valence-corrected chi connectivity index (χ2v) is 8.38. The van der Waals surface area contributed by atoms with Gasteiger partial charge in [-0.3, -0.25) is 9.78 Å². The molecule has 4 N–H and O–H groups in total. The Bertz CT molecular complexity index is 1400. The molecule has 2 aromatic heterocycles. The van der Waals surface area contributed by atoms with Crippen LogP contribution in [0.5, 0.6) is 5.88 Å². The van der Waals surface area contributed by atoms with Gasteiger partial charge in [-0.1, -0.05) is 34.1 Å². The molecule has 0 bridgehead atoms. The lowest BCUT2D eigenvalue weighted by Crippen LogP contribution is -2.38. The van der Waals surface area contributed by atoms with Crippen molar-refractivity contribution in [3.63, 3.8) is 0 Å². The first-order valence-corrected chi connectivity index (χ1v) is 10.4. The Morgan fingerprint density at radius 2 is 1.87 bits per heavy atom. The summed E-state index contributed by atoms with van der Waals surface area (Å²) in [5.74, 6) is -0.369. The molecule has 0 saturated carbocycles. The number of fused-ring (bicyclic) bond motifs is 3. The van der Waals surface area contributed by atoms with Crippen LogP contribution in [0, 0.1) is 6.92 Å². The van der Waals surface area contributed by atoms with E-state index in [0.29, 0.717) is 12.2 Å². The Hall–Kier alpha value is -3.10. The van der Waals surface area contributed by atoms with E-state index < -0.39 is 17.3 Å². The van der Waals surface area contributed by atoms with E-state index in [0.717, 1.165) is 43.2 Å². The summed E-state index contributed by atoms with van der Waals surface area (Å²) in [6.45, 7) is 2.68. The minimum Gasteiger partial charge on any atom is -0.494 e. The summed E-state index contributed by atoms with van der Waals surface area (Å²) < 4.78 is 1.96. The molecule has 0 fully saturated rings. The maximum Gasteiger partial charge on any atom is 0.335 e. The van der Waals surface area contributed by atoms with Gasteiger partial charge in [0.15, 0.2) is 0 Å². The van der Waals surface area contributed by atoms with Gasteiger partial charge in [0.2, 0.25) is 5.88 Å². The number of halogens is 1. The number of benzene rings is 2. The van der Waals surface area contributed by atoms with E-state index in [-0.39, 0.29) is 11.4 Å². The van der Waals surface area contributed by atoms with Crippen LogP contribution in [-0.4, -0.2) is 26.2 Å². The Balaban J connectivity index is 1.75. The number of hydrogen-bond donors (Lipinski definition) is 4. The zero-order valence-corrected chi connectivity index (χ0v) is 17.7. The molecule has 1 aliphatic rings. The summed E-state index contributed by atoms with van der Waals surface area (Å²) in [5, 5.41) is 15.5. The number of nitrogens with one attached hydrogen (secondary N) is 3. The zero-order valence-electron chi connectivity index (χ0n) is 16.1. The molecule has 1 unspecified atom stereocenters. The molecule has 1 atom stereocenters. The minimum atomic E-state index is -0.688. The van der Waals surface area contributed by atoms with Crippen LogP contribution in [0.15, 0.2) is 56.5 Å². The quantitative estimate of drug-likeness (QED) is 0.364. The third-order valence-electron chi connectivity index (χ3n) is 5.69. The molecular weight excluding hydrogens is 448 g/mol. The fourth-order valence-electron chi connectivity index (χ4n) is 4.27. The number of rotatable bonds is 2. The summed E-state index contributed by atoms with van der Waals surface area (Å²) in [6.07, 6.45) is 0.806. The maximum atomic E-state index is 12.8. The standard InChI is InChI=1S/C22H19BrN4O3/c1-11-3-2-4-14-15-9-10-24-19(18(15)25-17(11)14)16-20(28)26-22(30)27(21(16)29)13-7-5-12(23)6-8-13/h2-8,19,24-25,29H,9-10H2,1H3,(H,26,28,30). The fourth-order valence-corrected chi connectivity index (χ4v) is 4.54. The summed E-state index contributed by atoms with van der Waals surface area (Å²) in [5.41, 5.74) is 3.38. The zero-order chi connectivity index (χ0) is 21.0. The van der Waals surface area contributed by atoms with Crippen LogP contribution in [0.3, 0.4) is 0 Å². The highest BCUT2D eigenvalue weighted by atomic mass is 79.9. The van der Waals surface area contributed by atoms with Gasteiger partial charge in [0.25, 0.3) is 5.56 Å². The highest BCUT2D eigenvalue weighted by molar-refractivity contribution is 9.10. The molecule has 1 aliphatic heterocycles. The van der Waals surface area contributed by atoms with Gasteiger partial charge < -0.3 is 15.4 Å². The molecule has 152 valence electrons. The molecule has 30 heavy (non-hydrogen) atoms. The number of H-pyrrole nitrogens is 2. The van der Waals surface area contributed by atoms with Crippen LogP contribution in [0.1, 0.15) is 28.4 Å². The minimum absolute atomic E-state index is 0.114. The molecule has 2 aromatic carbocycles. The van der Waals surface area contributed by atoms with Crippen molar-refractivity contribution in [2.75, 3.05) is 6.54 Å². The van der Waals surface area contributed by atoms with E-state index in [1.165, 1.54) is 0 Å². The Morgan fingerprint density at radius 1 is 1.10 bits per heavy atom. The summed E-state index contributed by atoms with van der Waals surface area (Å²) in [4.78, 5) is 31.1. The summed E-state index contributed by atoms with van der Waals surface area (Å²) in [6, 6.07) is 12.5. The van der Waals surface area contributed by atoms with Gasteiger partial charge in [0.05, 0.1) is 11.7 Å². The van der Waals surface area contributed by atoms with Crippen LogP contribution in [-0.2, 0) is 6.42 Å². The normalized spacial score (nSPS) is 16.0. The van der Waals surface area contributed by atoms with Crippen molar-refractivity contribution in [1.29, 1.82) is 0 Å². The predicted octanol–water partition coefficient (Wildman–Crippen LogP) is 3.02. The fraction of sp³-hybridized carbons (Fsp3) is 0.182. The third kappa shape index (κ3) is 2.83.